The largest absolute Gasteiger partial charge is 0.381 e. The molecule has 1 aliphatic heterocycles. The van der Waals surface area contributed by atoms with E-state index in [0.29, 0.717) is 0 Å². The molecule has 0 radical (unpaired) electrons. The molecule has 0 aromatic carbocycles. The van der Waals surface area contributed by atoms with Gasteiger partial charge in [-0.25, -0.2) is 0 Å². The lowest BCUT2D eigenvalue weighted by Gasteiger charge is -2.21. The molecule has 1 saturated heterocycles. The fraction of sp³-hybridized carbons (Fsp3) is 0.778. The van der Waals surface area contributed by atoms with E-state index in [-0.39, 0.29) is 0 Å². The van der Waals surface area contributed by atoms with Gasteiger partial charge in [0, 0.05) is 25.3 Å². The van der Waals surface area contributed by atoms with E-state index in [9.17, 15) is 0 Å². The topological polar surface area (TPSA) is 21.3 Å². The standard InChI is InChI=1S/C9H16ClNO/c10-4-1-5-11-8-9-2-6-12-7-3-9/h1,4,9,11H,2-3,5-8H2/b4-1+. The number of hydrogen-bond donors (Lipinski definition) is 1. The second-order valence-corrected chi connectivity index (χ2v) is 3.33. The fourth-order valence-electron chi connectivity index (χ4n) is 1.37. The van der Waals surface area contributed by atoms with Crippen molar-refractivity contribution in [3.63, 3.8) is 0 Å². The van der Waals surface area contributed by atoms with Crippen LogP contribution in [0.3, 0.4) is 0 Å². The van der Waals surface area contributed by atoms with Crippen molar-refractivity contribution in [2.24, 2.45) is 5.92 Å². The summed E-state index contributed by atoms with van der Waals surface area (Å²) in [5.41, 5.74) is 1.55. The third-order valence-corrected chi connectivity index (χ3v) is 2.30. The molecule has 1 rings (SSSR count). The number of nitrogens with one attached hydrogen (secondary N) is 1. The second kappa shape index (κ2) is 6.46. The maximum atomic E-state index is 5.38. The highest BCUT2D eigenvalue weighted by molar-refractivity contribution is 6.25. The summed E-state index contributed by atoms with van der Waals surface area (Å²) < 4.78 is 5.26. The molecule has 0 aliphatic carbocycles. The van der Waals surface area contributed by atoms with Gasteiger partial charge in [-0.2, -0.15) is 0 Å². The van der Waals surface area contributed by atoms with Gasteiger partial charge in [0.15, 0.2) is 0 Å². The summed E-state index contributed by atoms with van der Waals surface area (Å²) in [6.07, 6.45) is 4.30. The summed E-state index contributed by atoms with van der Waals surface area (Å²) in [5.74, 6) is 0.794. The number of hydrogen-bond acceptors (Lipinski definition) is 2. The van der Waals surface area contributed by atoms with Crippen molar-refractivity contribution in [1.82, 2.24) is 5.32 Å². The van der Waals surface area contributed by atoms with Crippen LogP contribution in [0.1, 0.15) is 12.8 Å². The predicted molar refractivity (Wildman–Crippen MR) is 51.4 cm³/mol. The molecule has 0 spiro atoms. The van der Waals surface area contributed by atoms with Crippen molar-refractivity contribution in [3.8, 4) is 0 Å². The molecule has 0 unspecified atom stereocenters. The van der Waals surface area contributed by atoms with E-state index in [2.05, 4.69) is 5.32 Å². The molecule has 1 heterocycles. The van der Waals surface area contributed by atoms with Crippen LogP contribution in [0.5, 0.6) is 0 Å². The first kappa shape index (κ1) is 10.0. The minimum atomic E-state index is 0.794. The third-order valence-electron chi connectivity index (χ3n) is 2.13. The SMILES string of the molecule is Cl/C=C/CNCC1CCOCC1. The van der Waals surface area contributed by atoms with Gasteiger partial charge in [-0.1, -0.05) is 17.7 Å². The lowest BCUT2D eigenvalue weighted by molar-refractivity contribution is 0.0666. The lowest BCUT2D eigenvalue weighted by atomic mass is 10.0. The number of ether oxygens (including phenoxy) is 1. The molecular weight excluding hydrogens is 174 g/mol. The van der Waals surface area contributed by atoms with Gasteiger partial charge >= 0.3 is 0 Å². The summed E-state index contributed by atoms with van der Waals surface area (Å²) in [5, 5.41) is 3.33. The number of rotatable bonds is 4. The van der Waals surface area contributed by atoms with Crippen molar-refractivity contribution in [2.45, 2.75) is 12.8 Å². The van der Waals surface area contributed by atoms with Crippen LogP contribution in [0.25, 0.3) is 0 Å². The van der Waals surface area contributed by atoms with E-state index >= 15 is 0 Å². The fourth-order valence-corrected chi connectivity index (χ4v) is 1.45. The zero-order valence-corrected chi connectivity index (χ0v) is 8.02. The highest BCUT2D eigenvalue weighted by Crippen LogP contribution is 2.12. The van der Waals surface area contributed by atoms with Crippen molar-refractivity contribution < 1.29 is 4.74 Å². The Balaban J connectivity index is 1.97. The van der Waals surface area contributed by atoms with Crippen molar-refractivity contribution >= 4 is 11.6 Å². The first-order valence-electron chi connectivity index (χ1n) is 4.47. The summed E-state index contributed by atoms with van der Waals surface area (Å²) in [7, 11) is 0. The summed E-state index contributed by atoms with van der Waals surface area (Å²) >= 11 is 5.38. The molecule has 3 heteroatoms. The Morgan fingerprint density at radius 3 is 2.83 bits per heavy atom. The summed E-state index contributed by atoms with van der Waals surface area (Å²) in [4.78, 5) is 0. The Morgan fingerprint density at radius 2 is 2.17 bits per heavy atom. The minimum Gasteiger partial charge on any atom is -0.381 e. The van der Waals surface area contributed by atoms with Gasteiger partial charge in [-0.3, -0.25) is 0 Å². The van der Waals surface area contributed by atoms with Gasteiger partial charge in [-0.05, 0) is 25.3 Å². The lowest BCUT2D eigenvalue weighted by Crippen LogP contribution is -2.27. The average molecular weight is 190 g/mol. The predicted octanol–water partition coefficient (Wildman–Crippen LogP) is 1.76. The first-order chi connectivity index (χ1) is 5.93. The molecule has 1 fully saturated rings. The molecule has 0 saturated carbocycles. The first-order valence-corrected chi connectivity index (χ1v) is 4.91. The Kier molecular flexibility index (Phi) is 5.41. The zero-order chi connectivity index (χ0) is 8.65. The summed E-state index contributed by atoms with van der Waals surface area (Å²) in [6, 6.07) is 0. The quantitative estimate of drug-likeness (QED) is 0.681. The van der Waals surface area contributed by atoms with Crippen LogP contribution in [0.2, 0.25) is 0 Å². The molecule has 1 N–H and O–H groups in total. The molecule has 0 aromatic rings. The highest BCUT2D eigenvalue weighted by Gasteiger charge is 2.12. The monoisotopic (exact) mass is 189 g/mol. The molecule has 12 heavy (non-hydrogen) atoms. The maximum Gasteiger partial charge on any atom is 0.0469 e. The molecule has 1 aliphatic rings. The van der Waals surface area contributed by atoms with Crippen LogP contribution in [0, 0.1) is 5.92 Å². The molecule has 2 nitrogen and oxygen atoms in total. The van der Waals surface area contributed by atoms with Gasteiger partial charge in [0.25, 0.3) is 0 Å². The Labute approximate surface area is 78.9 Å². The Hall–Kier alpha value is -0.0500. The van der Waals surface area contributed by atoms with Crippen LogP contribution in [0.15, 0.2) is 11.6 Å². The van der Waals surface area contributed by atoms with Crippen LogP contribution >= 0.6 is 11.6 Å². The Morgan fingerprint density at radius 1 is 1.42 bits per heavy atom. The minimum absolute atomic E-state index is 0.794. The third kappa shape index (κ3) is 4.10. The zero-order valence-electron chi connectivity index (χ0n) is 7.26. The molecular formula is C9H16ClNO. The average Bonchev–Trinajstić information content (AvgIpc) is 2.14. The Bertz CT molecular complexity index is 132. The van der Waals surface area contributed by atoms with Gasteiger partial charge in [0.2, 0.25) is 0 Å². The van der Waals surface area contributed by atoms with E-state index < -0.39 is 0 Å². The van der Waals surface area contributed by atoms with Gasteiger partial charge in [0.1, 0.15) is 0 Å². The molecule has 0 atom stereocenters. The van der Waals surface area contributed by atoms with Crippen LogP contribution in [-0.2, 0) is 4.74 Å². The molecule has 0 bridgehead atoms. The van der Waals surface area contributed by atoms with E-state index in [0.717, 1.165) is 32.2 Å². The van der Waals surface area contributed by atoms with Crippen molar-refractivity contribution in [2.75, 3.05) is 26.3 Å². The van der Waals surface area contributed by atoms with E-state index in [4.69, 9.17) is 16.3 Å². The van der Waals surface area contributed by atoms with Crippen molar-refractivity contribution in [1.29, 1.82) is 0 Å². The second-order valence-electron chi connectivity index (χ2n) is 3.08. The van der Waals surface area contributed by atoms with Crippen LogP contribution in [-0.4, -0.2) is 26.3 Å². The van der Waals surface area contributed by atoms with Crippen LogP contribution < -0.4 is 5.32 Å². The smallest absolute Gasteiger partial charge is 0.0469 e. The molecule has 70 valence electrons. The van der Waals surface area contributed by atoms with Gasteiger partial charge < -0.3 is 10.1 Å². The van der Waals surface area contributed by atoms with Crippen LogP contribution in [0.4, 0.5) is 0 Å². The van der Waals surface area contributed by atoms with Gasteiger partial charge in [-0.15, -0.1) is 0 Å². The van der Waals surface area contributed by atoms with Gasteiger partial charge in [0.05, 0.1) is 0 Å². The molecule has 0 aromatic heterocycles. The number of halogens is 1. The van der Waals surface area contributed by atoms with E-state index in [1.807, 2.05) is 6.08 Å². The maximum absolute atomic E-state index is 5.38. The molecule has 0 amide bonds. The normalized spacial score (nSPS) is 20.4. The van der Waals surface area contributed by atoms with E-state index in [1.54, 1.807) is 5.54 Å². The summed E-state index contributed by atoms with van der Waals surface area (Å²) in [6.45, 7) is 3.82. The highest BCUT2D eigenvalue weighted by atomic mass is 35.5. The van der Waals surface area contributed by atoms with E-state index in [1.165, 1.54) is 12.8 Å². The van der Waals surface area contributed by atoms with Crippen molar-refractivity contribution in [3.05, 3.63) is 11.6 Å².